The molecule has 0 fully saturated rings. The van der Waals surface area contributed by atoms with Crippen molar-refractivity contribution in [1.29, 1.82) is 0 Å². The maximum absolute atomic E-state index is 4.76. The van der Waals surface area contributed by atoms with E-state index in [4.69, 9.17) is 4.98 Å². The molecule has 1 unspecified atom stereocenters. The summed E-state index contributed by atoms with van der Waals surface area (Å²) in [5.74, 6) is 1.98. The second-order valence-corrected chi connectivity index (χ2v) is 8.28. The number of rotatable bonds is 3. The zero-order valence-electron chi connectivity index (χ0n) is 14.1. The highest BCUT2D eigenvalue weighted by Crippen LogP contribution is 2.54. The molecule has 0 N–H and O–H groups in total. The van der Waals surface area contributed by atoms with E-state index in [1.807, 2.05) is 0 Å². The predicted octanol–water partition coefficient (Wildman–Crippen LogP) is 5.82. The van der Waals surface area contributed by atoms with Crippen LogP contribution in [0.5, 0.6) is 0 Å². The molecule has 1 aliphatic rings. The molecule has 2 aromatic rings. The van der Waals surface area contributed by atoms with E-state index in [9.17, 15) is 0 Å². The summed E-state index contributed by atoms with van der Waals surface area (Å²) in [5.41, 5.74) is 3.96. The van der Waals surface area contributed by atoms with Gasteiger partial charge in [-0.05, 0) is 36.3 Å². The molecule has 0 saturated carbocycles. The van der Waals surface area contributed by atoms with E-state index in [0.717, 1.165) is 9.35 Å². The third-order valence-corrected chi connectivity index (χ3v) is 6.38. The lowest BCUT2D eigenvalue weighted by Crippen LogP contribution is -2.35. The van der Waals surface area contributed by atoms with Gasteiger partial charge in [-0.1, -0.05) is 52.8 Å². The maximum atomic E-state index is 4.76. The fraction of sp³-hybridized carbons (Fsp3) is 0.526. The summed E-state index contributed by atoms with van der Waals surface area (Å²) >= 11 is 2.38. The van der Waals surface area contributed by atoms with Gasteiger partial charge >= 0.3 is 0 Å². The third kappa shape index (κ3) is 2.24. The number of allylic oxidation sites excluding steroid dienone is 2. The molecule has 0 bridgehead atoms. The van der Waals surface area contributed by atoms with Crippen LogP contribution in [0.1, 0.15) is 41.0 Å². The summed E-state index contributed by atoms with van der Waals surface area (Å²) < 4.78 is 3.46. The van der Waals surface area contributed by atoms with Crippen LogP contribution in [-0.2, 0) is 0 Å². The molecule has 3 rings (SSSR count). The Morgan fingerprint density at radius 3 is 2.55 bits per heavy atom. The average Bonchev–Trinajstić information content (AvgIpc) is 2.96. The minimum Gasteiger partial charge on any atom is -0.291 e. The first-order valence-electron chi connectivity index (χ1n) is 8.21. The van der Waals surface area contributed by atoms with Crippen LogP contribution < -0.4 is 0 Å². The lowest BCUT2D eigenvalue weighted by Gasteiger charge is -2.41. The van der Waals surface area contributed by atoms with Crippen LogP contribution in [0, 0.1) is 27.0 Å². The average molecular weight is 408 g/mol. The van der Waals surface area contributed by atoms with Gasteiger partial charge in [0.2, 0.25) is 0 Å². The predicted molar refractivity (Wildman–Crippen MR) is 103 cm³/mol. The second-order valence-electron chi connectivity index (χ2n) is 7.32. The molecule has 0 amide bonds. The summed E-state index contributed by atoms with van der Waals surface area (Å²) in [6.45, 7) is 11.9. The van der Waals surface area contributed by atoms with Crippen molar-refractivity contribution >= 4 is 39.3 Å². The van der Waals surface area contributed by atoms with Crippen molar-refractivity contribution in [3.8, 4) is 0 Å². The minimum atomic E-state index is 0.192. The van der Waals surface area contributed by atoms with Crippen molar-refractivity contribution in [2.45, 2.75) is 41.0 Å². The second kappa shape index (κ2) is 5.66. The van der Waals surface area contributed by atoms with Gasteiger partial charge in [0.25, 0.3) is 0 Å². The highest BCUT2D eigenvalue weighted by atomic mass is 127. The molecule has 0 spiro atoms. The van der Waals surface area contributed by atoms with Crippen LogP contribution in [0.3, 0.4) is 0 Å². The molecule has 0 aliphatic heterocycles. The number of imidazole rings is 1. The van der Waals surface area contributed by atoms with Gasteiger partial charge in [-0.3, -0.25) is 4.57 Å². The normalized spacial score (nSPS) is 25.5. The van der Waals surface area contributed by atoms with Crippen molar-refractivity contribution in [2.24, 2.45) is 23.2 Å². The number of para-hydroxylation sites is 2. The molecule has 2 atom stereocenters. The first kappa shape index (κ1) is 16.0. The highest BCUT2D eigenvalue weighted by Gasteiger charge is 2.46. The zero-order valence-corrected chi connectivity index (χ0v) is 16.3. The fourth-order valence-electron chi connectivity index (χ4n) is 4.14. The molecule has 1 aromatic carbocycles. The number of aromatic nitrogens is 2. The molecule has 118 valence electrons. The zero-order chi connectivity index (χ0) is 16.1. The maximum Gasteiger partial charge on any atom is 0.176 e. The van der Waals surface area contributed by atoms with E-state index < -0.39 is 0 Å². The number of fused-ring (bicyclic) bond motifs is 1. The smallest absolute Gasteiger partial charge is 0.176 e. The number of hydrogen-bond donors (Lipinski definition) is 0. The van der Waals surface area contributed by atoms with Gasteiger partial charge in [0.05, 0.1) is 11.0 Å². The van der Waals surface area contributed by atoms with Gasteiger partial charge in [-0.25, -0.2) is 4.98 Å². The molecule has 0 saturated heterocycles. The summed E-state index contributed by atoms with van der Waals surface area (Å²) in [4.78, 5) is 4.76. The van der Waals surface area contributed by atoms with Gasteiger partial charge in [0.15, 0.2) is 3.83 Å². The Bertz CT molecular complexity index is 726. The molecule has 1 aliphatic carbocycles. The van der Waals surface area contributed by atoms with Crippen molar-refractivity contribution in [3.05, 3.63) is 34.2 Å². The van der Waals surface area contributed by atoms with E-state index >= 15 is 0 Å². The monoisotopic (exact) mass is 408 g/mol. The molecule has 2 nitrogen and oxygen atoms in total. The molecule has 1 heterocycles. The largest absolute Gasteiger partial charge is 0.291 e. The highest BCUT2D eigenvalue weighted by molar-refractivity contribution is 14.1. The molecule has 1 aromatic heterocycles. The summed E-state index contributed by atoms with van der Waals surface area (Å²) in [7, 11) is 0. The van der Waals surface area contributed by atoms with E-state index in [1.54, 1.807) is 0 Å². The van der Waals surface area contributed by atoms with E-state index in [2.05, 4.69) is 92.1 Å². The molecule has 3 heteroatoms. The Hall–Kier alpha value is -0.840. The van der Waals surface area contributed by atoms with Crippen molar-refractivity contribution in [3.63, 3.8) is 0 Å². The van der Waals surface area contributed by atoms with Crippen molar-refractivity contribution in [1.82, 2.24) is 9.55 Å². The SMILES string of the molecule is CC(C)C1CC=C(n2c(I)nc3ccccc32)[C@@]1(C)C(C)C. The van der Waals surface area contributed by atoms with Gasteiger partial charge < -0.3 is 0 Å². The number of benzene rings is 1. The lowest BCUT2D eigenvalue weighted by molar-refractivity contribution is 0.153. The van der Waals surface area contributed by atoms with Gasteiger partial charge in [0.1, 0.15) is 0 Å². The van der Waals surface area contributed by atoms with Gasteiger partial charge in [-0.2, -0.15) is 0 Å². The molecule has 0 radical (unpaired) electrons. The first-order valence-corrected chi connectivity index (χ1v) is 9.29. The summed E-state index contributed by atoms with van der Waals surface area (Å²) in [5, 5.41) is 0. The number of nitrogens with zero attached hydrogens (tertiary/aromatic N) is 2. The van der Waals surface area contributed by atoms with E-state index in [0.29, 0.717) is 17.8 Å². The quantitative estimate of drug-likeness (QED) is 0.586. The van der Waals surface area contributed by atoms with Crippen molar-refractivity contribution < 1.29 is 0 Å². The topological polar surface area (TPSA) is 17.8 Å². The molecule has 22 heavy (non-hydrogen) atoms. The van der Waals surface area contributed by atoms with E-state index in [1.165, 1.54) is 17.6 Å². The Kier molecular flexibility index (Phi) is 4.12. The fourth-order valence-corrected chi connectivity index (χ4v) is 4.92. The van der Waals surface area contributed by atoms with Crippen molar-refractivity contribution in [2.75, 3.05) is 0 Å². The Labute approximate surface area is 147 Å². The third-order valence-electron chi connectivity index (χ3n) is 5.65. The van der Waals surface area contributed by atoms with Gasteiger partial charge in [-0.15, -0.1) is 0 Å². The summed E-state index contributed by atoms with van der Waals surface area (Å²) in [6, 6.07) is 8.47. The van der Waals surface area contributed by atoms with Crippen LogP contribution in [0.25, 0.3) is 16.7 Å². The first-order chi connectivity index (χ1) is 10.4. The van der Waals surface area contributed by atoms with E-state index in [-0.39, 0.29) is 5.41 Å². The van der Waals surface area contributed by atoms with Crippen LogP contribution in [-0.4, -0.2) is 9.55 Å². The molecular formula is C19H25IN2. The standard InChI is InChI=1S/C19H25IN2/c1-12(2)14-10-11-17(19(14,5)13(3)4)22-16-9-7-6-8-15(16)21-18(22)20/h6-9,11-14H,10H2,1-5H3/t14?,19-/m0/s1. The van der Waals surface area contributed by atoms with Crippen LogP contribution in [0.2, 0.25) is 0 Å². The summed E-state index contributed by atoms with van der Waals surface area (Å²) in [6.07, 6.45) is 3.63. The van der Waals surface area contributed by atoms with Crippen LogP contribution in [0.4, 0.5) is 0 Å². The number of hydrogen-bond acceptors (Lipinski definition) is 1. The number of halogens is 1. The van der Waals surface area contributed by atoms with Crippen LogP contribution >= 0.6 is 22.6 Å². The van der Waals surface area contributed by atoms with Crippen LogP contribution in [0.15, 0.2) is 30.3 Å². The Morgan fingerprint density at radius 2 is 1.91 bits per heavy atom. The Morgan fingerprint density at radius 1 is 1.23 bits per heavy atom. The Balaban J connectivity index is 2.20. The minimum absolute atomic E-state index is 0.192. The van der Waals surface area contributed by atoms with Gasteiger partial charge in [0, 0.05) is 33.7 Å². The lowest BCUT2D eigenvalue weighted by atomic mass is 9.66. The molecular weight excluding hydrogens is 383 g/mol.